The molecule has 4 rings (SSSR count). The molecule has 1 aliphatic carbocycles. The minimum atomic E-state index is -0.642. The lowest BCUT2D eigenvalue weighted by molar-refractivity contribution is -0.119. The Morgan fingerprint density at radius 3 is 2.51 bits per heavy atom. The third-order valence-corrected chi connectivity index (χ3v) is 7.25. The molecule has 2 aromatic rings. The van der Waals surface area contributed by atoms with Gasteiger partial charge >= 0.3 is 0 Å². The van der Waals surface area contributed by atoms with Crippen LogP contribution in [0.4, 0.5) is 8.78 Å². The maximum Gasteiger partial charge on any atom is 0.217 e. The van der Waals surface area contributed by atoms with E-state index in [0.29, 0.717) is 18.7 Å². The Balaban J connectivity index is 1.41. The van der Waals surface area contributed by atoms with Crippen molar-refractivity contribution in [3.8, 4) is 5.75 Å². The molecule has 0 saturated heterocycles. The van der Waals surface area contributed by atoms with Crippen LogP contribution < -0.4 is 21.1 Å². The molecular formula is C28H37F2N3O2. The third-order valence-electron chi connectivity index (χ3n) is 7.25. The van der Waals surface area contributed by atoms with Crippen LogP contribution in [-0.2, 0) is 17.6 Å². The van der Waals surface area contributed by atoms with Crippen molar-refractivity contribution in [2.45, 2.75) is 76.4 Å². The topological polar surface area (TPSA) is 76.4 Å². The number of hydrogen-bond donors (Lipinski definition) is 3. The summed E-state index contributed by atoms with van der Waals surface area (Å²) in [4.78, 5) is 11.8. The zero-order chi connectivity index (χ0) is 24.8. The molecule has 35 heavy (non-hydrogen) atoms. The van der Waals surface area contributed by atoms with Gasteiger partial charge < -0.3 is 21.1 Å². The van der Waals surface area contributed by atoms with Crippen LogP contribution in [0.25, 0.3) is 0 Å². The van der Waals surface area contributed by atoms with E-state index in [1.165, 1.54) is 56.7 Å². The summed E-state index contributed by atoms with van der Waals surface area (Å²) in [5, 5.41) is 6.42. The van der Waals surface area contributed by atoms with E-state index in [-0.39, 0.29) is 18.4 Å². The summed E-state index contributed by atoms with van der Waals surface area (Å²) in [6.07, 6.45) is 8.81. The van der Waals surface area contributed by atoms with E-state index in [1.807, 2.05) is 0 Å². The Kier molecular flexibility index (Phi) is 8.74. The molecule has 0 unspecified atom stereocenters. The summed E-state index contributed by atoms with van der Waals surface area (Å²) in [7, 11) is 0. The van der Waals surface area contributed by atoms with Crippen LogP contribution in [0.1, 0.15) is 68.2 Å². The molecule has 2 aliphatic rings. The Bertz CT molecular complexity index is 989. The van der Waals surface area contributed by atoms with Crippen LogP contribution in [0.2, 0.25) is 0 Å². The van der Waals surface area contributed by atoms with Crippen molar-refractivity contribution in [3.05, 3.63) is 64.7 Å². The highest BCUT2D eigenvalue weighted by Gasteiger charge is 2.26. The van der Waals surface area contributed by atoms with Crippen LogP contribution in [0.15, 0.2) is 36.4 Å². The van der Waals surface area contributed by atoms with Crippen molar-refractivity contribution in [3.63, 3.8) is 0 Å². The van der Waals surface area contributed by atoms with Gasteiger partial charge in [0.2, 0.25) is 5.91 Å². The van der Waals surface area contributed by atoms with Crippen LogP contribution in [0.3, 0.4) is 0 Å². The third kappa shape index (κ3) is 7.24. The molecule has 190 valence electrons. The van der Waals surface area contributed by atoms with Gasteiger partial charge in [-0.25, -0.2) is 8.78 Å². The zero-order valence-electron chi connectivity index (χ0n) is 20.5. The molecule has 4 N–H and O–H groups in total. The number of halogens is 2. The molecule has 0 bridgehead atoms. The first-order chi connectivity index (χ1) is 16.9. The van der Waals surface area contributed by atoms with Gasteiger partial charge in [0.05, 0.1) is 6.61 Å². The predicted molar refractivity (Wildman–Crippen MR) is 133 cm³/mol. The van der Waals surface area contributed by atoms with E-state index >= 15 is 0 Å². The fourth-order valence-electron chi connectivity index (χ4n) is 5.48. The van der Waals surface area contributed by atoms with Crippen molar-refractivity contribution < 1.29 is 18.3 Å². The molecule has 1 amide bonds. The van der Waals surface area contributed by atoms with Crippen LogP contribution in [0.5, 0.6) is 5.75 Å². The number of carbonyl (C=O) groups excluding carboxylic acids is 1. The van der Waals surface area contributed by atoms with Gasteiger partial charge in [-0.1, -0.05) is 44.2 Å². The molecule has 5 nitrogen and oxygen atoms in total. The van der Waals surface area contributed by atoms with Gasteiger partial charge in [-0.05, 0) is 48.1 Å². The average molecular weight is 486 g/mol. The smallest absolute Gasteiger partial charge is 0.217 e. The monoisotopic (exact) mass is 485 g/mol. The van der Waals surface area contributed by atoms with E-state index in [1.54, 1.807) is 0 Å². The normalized spacial score (nSPS) is 19.9. The zero-order valence-corrected chi connectivity index (χ0v) is 20.5. The fraction of sp³-hybridized carbons (Fsp3) is 0.536. The van der Waals surface area contributed by atoms with Crippen molar-refractivity contribution in [1.29, 1.82) is 0 Å². The number of nitrogens with two attached hydrogens (primary N) is 1. The molecule has 0 spiro atoms. The summed E-state index contributed by atoms with van der Waals surface area (Å²) in [6.45, 7) is 2.49. The Hall–Kier alpha value is -2.51. The average Bonchev–Trinajstić information content (AvgIpc) is 2.82. The molecule has 1 heterocycles. The Labute approximate surface area is 206 Å². The summed E-state index contributed by atoms with van der Waals surface area (Å²) in [5.74, 6) is 0.152. The quantitative estimate of drug-likeness (QED) is 0.486. The summed E-state index contributed by atoms with van der Waals surface area (Å²) in [5.41, 5.74) is 9.45. The number of benzene rings is 2. The fourth-order valence-corrected chi connectivity index (χ4v) is 5.48. The Morgan fingerprint density at radius 1 is 1.06 bits per heavy atom. The molecule has 3 atom stereocenters. The summed E-state index contributed by atoms with van der Waals surface area (Å²) in [6, 6.07) is 9.13. The van der Waals surface area contributed by atoms with Gasteiger partial charge in [0.1, 0.15) is 17.4 Å². The number of ether oxygens (including phenoxy) is 1. The molecule has 0 radical (unpaired) electrons. The molecule has 7 heteroatoms. The lowest BCUT2D eigenvalue weighted by atomic mass is 9.84. The van der Waals surface area contributed by atoms with Crippen LogP contribution in [-0.4, -0.2) is 31.1 Å². The van der Waals surface area contributed by atoms with E-state index in [4.69, 9.17) is 10.5 Å². The van der Waals surface area contributed by atoms with Gasteiger partial charge in [-0.15, -0.1) is 0 Å². The number of nitrogens with one attached hydrogen (secondary N) is 2. The lowest BCUT2D eigenvalue weighted by Crippen LogP contribution is -2.53. The maximum atomic E-state index is 13.7. The highest BCUT2D eigenvalue weighted by molar-refractivity contribution is 5.73. The summed E-state index contributed by atoms with van der Waals surface area (Å²) < 4.78 is 33.3. The van der Waals surface area contributed by atoms with Crippen molar-refractivity contribution in [1.82, 2.24) is 10.6 Å². The Morgan fingerprint density at radius 2 is 1.80 bits per heavy atom. The SMILES string of the molecule is CC(=O)N[C@@H](Cc1cc(F)cc(F)c1)[C@@H](N)CN[C@H]1CCOc2ccc(CC3CCCCC3)cc21. The molecule has 0 aromatic heterocycles. The van der Waals surface area contributed by atoms with E-state index < -0.39 is 23.7 Å². The van der Waals surface area contributed by atoms with Crippen molar-refractivity contribution >= 4 is 5.91 Å². The first-order valence-corrected chi connectivity index (χ1v) is 12.8. The predicted octanol–water partition coefficient (Wildman–Crippen LogP) is 4.58. The number of hydrogen-bond acceptors (Lipinski definition) is 4. The van der Waals surface area contributed by atoms with Gasteiger partial charge in [-0.2, -0.15) is 0 Å². The minimum Gasteiger partial charge on any atom is -0.493 e. The van der Waals surface area contributed by atoms with Gasteiger partial charge in [-0.3, -0.25) is 4.79 Å². The second-order valence-electron chi connectivity index (χ2n) is 10.1. The van der Waals surface area contributed by atoms with Crippen molar-refractivity contribution in [2.75, 3.05) is 13.2 Å². The maximum absolute atomic E-state index is 13.7. The molecule has 1 aliphatic heterocycles. The van der Waals surface area contributed by atoms with Crippen molar-refractivity contribution in [2.24, 2.45) is 11.7 Å². The van der Waals surface area contributed by atoms with Crippen LogP contribution in [0, 0.1) is 17.6 Å². The second kappa shape index (κ2) is 12.0. The number of rotatable bonds is 9. The standard InChI is InChI=1S/C28H37F2N3O2/c1-18(34)33-27(15-21-12-22(29)16-23(30)13-21)25(31)17-32-26-9-10-35-28-8-7-20(14-24(26)28)11-19-5-3-2-4-6-19/h7-8,12-14,16,19,25-27,32H,2-6,9-11,15,17,31H2,1H3,(H,33,34)/t25-,26-,27-/m0/s1. The first-order valence-electron chi connectivity index (χ1n) is 12.8. The van der Waals surface area contributed by atoms with E-state index in [0.717, 1.165) is 36.1 Å². The summed E-state index contributed by atoms with van der Waals surface area (Å²) >= 11 is 0. The largest absolute Gasteiger partial charge is 0.493 e. The number of carbonyl (C=O) groups is 1. The van der Waals surface area contributed by atoms with Gasteiger partial charge in [0.15, 0.2) is 0 Å². The molecule has 2 aromatic carbocycles. The number of amides is 1. The second-order valence-corrected chi connectivity index (χ2v) is 10.1. The van der Waals surface area contributed by atoms with E-state index in [9.17, 15) is 13.6 Å². The highest BCUT2D eigenvalue weighted by Crippen LogP contribution is 2.34. The number of fused-ring (bicyclic) bond motifs is 1. The van der Waals surface area contributed by atoms with Gasteiger partial charge in [0.25, 0.3) is 0 Å². The lowest BCUT2D eigenvalue weighted by Gasteiger charge is -2.31. The minimum absolute atomic E-state index is 0.0979. The molecule has 1 fully saturated rings. The highest BCUT2D eigenvalue weighted by atomic mass is 19.1. The van der Waals surface area contributed by atoms with E-state index in [2.05, 4.69) is 28.8 Å². The molecule has 1 saturated carbocycles. The van der Waals surface area contributed by atoms with Crippen LogP contribution >= 0.6 is 0 Å². The van der Waals surface area contributed by atoms with Gasteiger partial charge in [0, 0.05) is 49.6 Å². The first kappa shape index (κ1) is 25.6. The molecular weight excluding hydrogens is 448 g/mol.